The topological polar surface area (TPSA) is 70.6 Å². The third-order valence-electron chi connectivity index (χ3n) is 3.57. The van der Waals surface area contributed by atoms with Gasteiger partial charge in [0.05, 0.1) is 6.42 Å². The normalized spacial score (nSPS) is 15.6. The molecule has 0 aromatic heterocycles. The van der Waals surface area contributed by atoms with Crippen molar-refractivity contribution >= 4 is 40.1 Å². The van der Waals surface area contributed by atoms with Gasteiger partial charge in [-0.25, -0.2) is 5.43 Å². The monoisotopic (exact) mass is 413 g/mol. The summed E-state index contributed by atoms with van der Waals surface area (Å²) in [5.41, 5.74) is 3.64. The van der Waals surface area contributed by atoms with Gasteiger partial charge in [0.2, 0.25) is 5.91 Å². The fourth-order valence-corrected chi connectivity index (χ4v) is 3.00. The molecule has 1 aromatic carbocycles. The van der Waals surface area contributed by atoms with E-state index in [1.54, 1.807) is 19.1 Å². The molecule has 1 fully saturated rings. The Balaban J connectivity index is 1.81. The van der Waals surface area contributed by atoms with Crippen molar-refractivity contribution in [2.24, 2.45) is 5.10 Å². The maximum absolute atomic E-state index is 11.9. The number of carbonyl (C=O) groups is 2. The van der Waals surface area contributed by atoms with Crippen molar-refractivity contribution in [3.05, 3.63) is 33.4 Å². The molecule has 0 saturated heterocycles. The van der Waals surface area contributed by atoms with Crippen molar-refractivity contribution in [3.8, 4) is 0 Å². The van der Waals surface area contributed by atoms with Gasteiger partial charge in [-0.05, 0) is 60.6 Å². The highest BCUT2D eigenvalue weighted by atomic mass is 127. The lowest BCUT2D eigenvalue weighted by molar-refractivity contribution is -0.120. The van der Waals surface area contributed by atoms with E-state index in [-0.39, 0.29) is 18.2 Å². The lowest BCUT2D eigenvalue weighted by Crippen LogP contribution is -2.33. The molecule has 118 valence electrons. The van der Waals surface area contributed by atoms with Gasteiger partial charge in [-0.15, -0.1) is 0 Å². The summed E-state index contributed by atoms with van der Waals surface area (Å²) in [7, 11) is 0. The van der Waals surface area contributed by atoms with E-state index in [4.69, 9.17) is 0 Å². The lowest BCUT2D eigenvalue weighted by atomic mass is 10.2. The molecule has 2 N–H and O–H groups in total. The van der Waals surface area contributed by atoms with Crippen molar-refractivity contribution in [1.82, 2.24) is 10.7 Å². The minimum Gasteiger partial charge on any atom is -0.353 e. The number of rotatable bonds is 5. The van der Waals surface area contributed by atoms with E-state index >= 15 is 0 Å². The summed E-state index contributed by atoms with van der Waals surface area (Å²) in [6.07, 6.45) is 4.70. The quantitative estimate of drug-likeness (QED) is 0.443. The Hall–Kier alpha value is -1.44. The molecule has 1 saturated carbocycles. The maximum atomic E-state index is 11.9. The van der Waals surface area contributed by atoms with Crippen LogP contribution in [0.1, 0.15) is 49.4 Å². The lowest BCUT2D eigenvalue weighted by Gasteiger charge is -2.11. The first-order valence-corrected chi connectivity index (χ1v) is 8.51. The smallest absolute Gasteiger partial charge is 0.271 e. The number of hydrazone groups is 1. The summed E-state index contributed by atoms with van der Waals surface area (Å²) in [4.78, 5) is 23.8. The Morgan fingerprint density at radius 2 is 2.05 bits per heavy atom. The summed E-state index contributed by atoms with van der Waals surface area (Å²) in [6.45, 7) is 1.74. The Labute approximate surface area is 144 Å². The zero-order valence-corrected chi connectivity index (χ0v) is 14.7. The summed E-state index contributed by atoms with van der Waals surface area (Å²) in [6, 6.07) is 7.56. The molecule has 1 aliphatic carbocycles. The zero-order chi connectivity index (χ0) is 15.9. The van der Waals surface area contributed by atoms with Crippen molar-refractivity contribution in [2.75, 3.05) is 0 Å². The van der Waals surface area contributed by atoms with Crippen LogP contribution >= 0.6 is 22.6 Å². The predicted octanol–water partition coefficient (Wildman–Crippen LogP) is 2.85. The van der Waals surface area contributed by atoms with E-state index in [2.05, 4.69) is 38.4 Å². The highest BCUT2D eigenvalue weighted by Crippen LogP contribution is 2.17. The molecule has 0 spiro atoms. The van der Waals surface area contributed by atoms with Crippen LogP contribution in [-0.4, -0.2) is 23.6 Å². The number of benzene rings is 1. The largest absolute Gasteiger partial charge is 0.353 e. The van der Waals surface area contributed by atoms with Crippen LogP contribution in [0.25, 0.3) is 0 Å². The second kappa shape index (κ2) is 8.26. The van der Waals surface area contributed by atoms with Gasteiger partial charge in [0.1, 0.15) is 0 Å². The Kier molecular flexibility index (Phi) is 6.35. The first-order chi connectivity index (χ1) is 10.5. The van der Waals surface area contributed by atoms with Gasteiger partial charge < -0.3 is 5.32 Å². The van der Waals surface area contributed by atoms with Crippen LogP contribution in [0.15, 0.2) is 29.4 Å². The van der Waals surface area contributed by atoms with Gasteiger partial charge in [-0.3, -0.25) is 9.59 Å². The van der Waals surface area contributed by atoms with Crippen LogP contribution in [0.3, 0.4) is 0 Å². The predicted molar refractivity (Wildman–Crippen MR) is 94.7 cm³/mol. The highest BCUT2D eigenvalue weighted by molar-refractivity contribution is 14.1. The summed E-state index contributed by atoms with van der Waals surface area (Å²) in [5.74, 6) is -0.300. The Morgan fingerprint density at radius 3 is 2.73 bits per heavy atom. The number of carbonyl (C=O) groups excluding carboxylic acids is 2. The maximum Gasteiger partial charge on any atom is 0.271 e. The first-order valence-electron chi connectivity index (χ1n) is 7.43. The number of hydrogen-bond donors (Lipinski definition) is 2. The molecular formula is C16H20IN3O2. The second-order valence-electron chi connectivity index (χ2n) is 5.52. The molecule has 22 heavy (non-hydrogen) atoms. The minimum absolute atomic E-state index is 0.0309. The van der Waals surface area contributed by atoms with E-state index < -0.39 is 0 Å². The van der Waals surface area contributed by atoms with E-state index in [0.29, 0.717) is 17.3 Å². The third kappa shape index (κ3) is 5.40. The molecule has 2 rings (SSSR count). The molecule has 1 aromatic rings. The van der Waals surface area contributed by atoms with E-state index in [1.165, 1.54) is 12.8 Å². The minimum atomic E-state index is -0.269. The molecule has 2 amide bonds. The fourth-order valence-electron chi connectivity index (χ4n) is 2.46. The average molecular weight is 413 g/mol. The standard InChI is InChI=1S/C16H20IN3O2/c1-11(9-15(21)18-14-7-2-3-8-14)19-20-16(22)12-5-4-6-13(17)10-12/h4-6,10,14H,2-3,7-9H2,1H3,(H,18,21)(H,20,22)/b19-11+. The van der Waals surface area contributed by atoms with Gasteiger partial charge >= 0.3 is 0 Å². The molecule has 0 heterocycles. The van der Waals surface area contributed by atoms with Gasteiger partial charge in [0.25, 0.3) is 5.91 Å². The van der Waals surface area contributed by atoms with Gasteiger partial charge in [0, 0.05) is 20.9 Å². The van der Waals surface area contributed by atoms with Crippen LogP contribution in [0, 0.1) is 3.57 Å². The zero-order valence-electron chi connectivity index (χ0n) is 12.6. The van der Waals surface area contributed by atoms with Gasteiger partial charge in [-0.2, -0.15) is 5.10 Å². The van der Waals surface area contributed by atoms with Crippen LogP contribution in [0.5, 0.6) is 0 Å². The molecule has 0 unspecified atom stereocenters. The summed E-state index contributed by atoms with van der Waals surface area (Å²) < 4.78 is 0.988. The van der Waals surface area contributed by atoms with E-state index in [1.807, 2.05) is 12.1 Å². The number of amides is 2. The third-order valence-corrected chi connectivity index (χ3v) is 4.24. The SMILES string of the molecule is C/C(CC(=O)NC1CCCC1)=N\NC(=O)c1cccc(I)c1. The summed E-state index contributed by atoms with van der Waals surface area (Å²) >= 11 is 2.15. The number of halogens is 1. The van der Waals surface area contributed by atoms with Crippen molar-refractivity contribution in [2.45, 2.75) is 45.1 Å². The summed E-state index contributed by atoms with van der Waals surface area (Å²) in [5, 5.41) is 7.00. The average Bonchev–Trinajstić information content (AvgIpc) is 2.97. The molecule has 0 atom stereocenters. The number of nitrogens with zero attached hydrogens (tertiary/aromatic N) is 1. The Morgan fingerprint density at radius 1 is 1.32 bits per heavy atom. The number of nitrogens with one attached hydrogen (secondary N) is 2. The number of hydrogen-bond acceptors (Lipinski definition) is 3. The molecule has 1 aliphatic rings. The van der Waals surface area contributed by atoms with E-state index in [0.717, 1.165) is 16.4 Å². The van der Waals surface area contributed by atoms with Crippen LogP contribution in [0.2, 0.25) is 0 Å². The van der Waals surface area contributed by atoms with Crippen molar-refractivity contribution in [3.63, 3.8) is 0 Å². The molecule has 0 bridgehead atoms. The molecular weight excluding hydrogens is 393 g/mol. The first kappa shape index (κ1) is 16.9. The van der Waals surface area contributed by atoms with Crippen LogP contribution < -0.4 is 10.7 Å². The fraction of sp³-hybridized carbons (Fsp3) is 0.438. The molecule has 0 aliphatic heterocycles. The molecule has 5 nitrogen and oxygen atoms in total. The molecule has 0 radical (unpaired) electrons. The Bertz CT molecular complexity index is 581. The van der Waals surface area contributed by atoms with Crippen molar-refractivity contribution in [1.29, 1.82) is 0 Å². The van der Waals surface area contributed by atoms with Crippen molar-refractivity contribution < 1.29 is 9.59 Å². The van der Waals surface area contributed by atoms with E-state index in [9.17, 15) is 9.59 Å². The molecule has 6 heteroatoms. The van der Waals surface area contributed by atoms with Crippen LogP contribution in [-0.2, 0) is 4.79 Å². The van der Waals surface area contributed by atoms with Gasteiger partial charge in [0.15, 0.2) is 0 Å². The van der Waals surface area contributed by atoms with Gasteiger partial charge in [-0.1, -0.05) is 18.9 Å². The highest BCUT2D eigenvalue weighted by Gasteiger charge is 2.17. The van der Waals surface area contributed by atoms with Crippen LogP contribution in [0.4, 0.5) is 0 Å². The second-order valence-corrected chi connectivity index (χ2v) is 6.77.